The molecule has 3 rings (SSSR count). The predicted molar refractivity (Wildman–Crippen MR) is 125 cm³/mol. The molecule has 0 bridgehead atoms. The number of hydrogen-bond donors (Lipinski definition) is 1. The summed E-state index contributed by atoms with van der Waals surface area (Å²) < 4.78 is 46.6. The fraction of sp³-hybridized carbons (Fsp3) is 0.435. The molecule has 1 amide bonds. The van der Waals surface area contributed by atoms with Crippen molar-refractivity contribution >= 4 is 27.7 Å². The van der Waals surface area contributed by atoms with Gasteiger partial charge in [0.2, 0.25) is 10.0 Å². The van der Waals surface area contributed by atoms with Crippen molar-refractivity contribution in [1.29, 1.82) is 0 Å². The van der Waals surface area contributed by atoms with Gasteiger partial charge in [-0.2, -0.15) is 16.1 Å². The molecule has 1 N–H and O–H groups in total. The van der Waals surface area contributed by atoms with Gasteiger partial charge in [0.1, 0.15) is 11.6 Å². The maximum absolute atomic E-state index is 13.7. The van der Waals surface area contributed by atoms with E-state index in [0.29, 0.717) is 42.5 Å². The highest BCUT2D eigenvalue weighted by Gasteiger charge is 2.27. The van der Waals surface area contributed by atoms with Crippen LogP contribution in [0.1, 0.15) is 41.6 Å². The monoisotopic (exact) mass is 480 g/mol. The number of benzene rings is 2. The van der Waals surface area contributed by atoms with Gasteiger partial charge in [-0.3, -0.25) is 4.79 Å². The van der Waals surface area contributed by atoms with E-state index in [1.54, 1.807) is 18.2 Å². The molecule has 1 aliphatic rings. The van der Waals surface area contributed by atoms with Crippen LogP contribution in [0.5, 0.6) is 5.75 Å². The maximum atomic E-state index is 13.7. The summed E-state index contributed by atoms with van der Waals surface area (Å²) in [5.41, 5.74) is 0.805. The van der Waals surface area contributed by atoms with E-state index in [-0.39, 0.29) is 16.3 Å². The van der Waals surface area contributed by atoms with Crippen LogP contribution < -0.4 is 10.1 Å². The predicted octanol–water partition coefficient (Wildman–Crippen LogP) is 4.06. The number of thioether (sulfide) groups is 1. The SMILES string of the molecule is COc1ccc(S(=O)(=O)N2CCCCCC2)cc1C(=O)NCCSCc1ccccc1F. The normalized spacial score (nSPS) is 15.2. The molecule has 0 aromatic heterocycles. The van der Waals surface area contributed by atoms with Gasteiger partial charge in [0, 0.05) is 31.1 Å². The smallest absolute Gasteiger partial charge is 0.255 e. The first-order chi connectivity index (χ1) is 15.4. The van der Waals surface area contributed by atoms with E-state index >= 15 is 0 Å². The van der Waals surface area contributed by atoms with E-state index in [0.717, 1.165) is 25.7 Å². The summed E-state index contributed by atoms with van der Waals surface area (Å²) in [6.45, 7) is 1.36. The summed E-state index contributed by atoms with van der Waals surface area (Å²) in [6, 6.07) is 11.0. The standard InChI is InChI=1S/C23H29FN2O4S2/c1-30-22-11-10-19(32(28,29)26-13-6-2-3-7-14-26)16-20(22)23(27)25-12-15-31-17-18-8-4-5-9-21(18)24/h4-5,8-11,16H,2-3,6-7,12-15,17H2,1H3,(H,25,27). The van der Waals surface area contributed by atoms with Crippen molar-refractivity contribution in [3.63, 3.8) is 0 Å². The molecule has 1 heterocycles. The second-order valence-corrected chi connectivity index (χ2v) is 10.6. The Morgan fingerprint density at radius 3 is 2.53 bits per heavy atom. The minimum Gasteiger partial charge on any atom is -0.496 e. The number of rotatable bonds is 9. The number of hydrogen-bond acceptors (Lipinski definition) is 5. The minimum atomic E-state index is -3.67. The number of carbonyl (C=O) groups is 1. The van der Waals surface area contributed by atoms with Crippen LogP contribution in [0.15, 0.2) is 47.4 Å². The number of halogens is 1. The van der Waals surface area contributed by atoms with E-state index in [1.165, 1.54) is 47.4 Å². The van der Waals surface area contributed by atoms with Crippen LogP contribution in [-0.2, 0) is 15.8 Å². The molecule has 0 aliphatic carbocycles. The Labute approximate surface area is 193 Å². The molecule has 1 aliphatic heterocycles. The summed E-state index contributed by atoms with van der Waals surface area (Å²) in [5, 5.41) is 2.80. The second kappa shape index (κ2) is 11.7. The number of methoxy groups -OCH3 is 1. The Balaban J connectivity index is 1.63. The number of carbonyl (C=O) groups excluding carboxylic acids is 1. The van der Waals surface area contributed by atoms with Crippen LogP contribution in [0.25, 0.3) is 0 Å². The Kier molecular flexibility index (Phi) is 8.95. The minimum absolute atomic E-state index is 0.0966. The highest BCUT2D eigenvalue weighted by atomic mass is 32.2. The van der Waals surface area contributed by atoms with Crippen LogP contribution in [0.3, 0.4) is 0 Å². The van der Waals surface area contributed by atoms with Crippen molar-refractivity contribution in [2.45, 2.75) is 36.3 Å². The molecule has 1 saturated heterocycles. The van der Waals surface area contributed by atoms with E-state index in [4.69, 9.17) is 4.74 Å². The number of nitrogens with zero attached hydrogens (tertiary/aromatic N) is 1. The highest BCUT2D eigenvalue weighted by Crippen LogP contribution is 2.26. The van der Waals surface area contributed by atoms with Crippen LogP contribution in [0.4, 0.5) is 4.39 Å². The van der Waals surface area contributed by atoms with Crippen LogP contribution >= 0.6 is 11.8 Å². The zero-order valence-corrected chi connectivity index (χ0v) is 19.8. The molecule has 9 heteroatoms. The van der Waals surface area contributed by atoms with Crippen molar-refractivity contribution in [2.24, 2.45) is 0 Å². The number of amides is 1. The molecule has 0 unspecified atom stereocenters. The molecule has 1 fully saturated rings. The number of sulfonamides is 1. The highest BCUT2D eigenvalue weighted by molar-refractivity contribution is 7.98. The molecule has 0 radical (unpaired) electrons. The molecular formula is C23H29FN2O4S2. The summed E-state index contributed by atoms with van der Waals surface area (Å²) in [6.07, 6.45) is 3.73. The zero-order valence-electron chi connectivity index (χ0n) is 18.2. The van der Waals surface area contributed by atoms with Gasteiger partial charge in [0.25, 0.3) is 5.91 Å². The zero-order chi connectivity index (χ0) is 23.0. The van der Waals surface area contributed by atoms with Gasteiger partial charge in [-0.15, -0.1) is 0 Å². The third-order valence-electron chi connectivity index (χ3n) is 5.37. The number of ether oxygens (including phenoxy) is 1. The van der Waals surface area contributed by atoms with Gasteiger partial charge >= 0.3 is 0 Å². The summed E-state index contributed by atoms with van der Waals surface area (Å²) in [4.78, 5) is 12.8. The Morgan fingerprint density at radius 2 is 1.84 bits per heavy atom. The Bertz CT molecular complexity index is 1020. The van der Waals surface area contributed by atoms with Crippen LogP contribution in [-0.4, -0.2) is 51.1 Å². The van der Waals surface area contributed by atoms with E-state index in [1.807, 2.05) is 0 Å². The lowest BCUT2D eigenvalue weighted by Gasteiger charge is -2.20. The van der Waals surface area contributed by atoms with Crippen molar-refractivity contribution in [3.8, 4) is 5.75 Å². The molecule has 174 valence electrons. The van der Waals surface area contributed by atoms with Gasteiger partial charge < -0.3 is 10.1 Å². The average Bonchev–Trinajstić information content (AvgIpc) is 3.09. The first kappa shape index (κ1) is 24.5. The Morgan fingerprint density at radius 1 is 1.12 bits per heavy atom. The largest absolute Gasteiger partial charge is 0.496 e. The fourth-order valence-electron chi connectivity index (χ4n) is 3.59. The third kappa shape index (κ3) is 6.24. The van der Waals surface area contributed by atoms with Gasteiger partial charge in [0.15, 0.2) is 0 Å². The van der Waals surface area contributed by atoms with Gasteiger partial charge in [0.05, 0.1) is 17.6 Å². The molecule has 0 spiro atoms. The number of nitrogens with one attached hydrogen (secondary N) is 1. The Hall–Kier alpha value is -2.10. The first-order valence-corrected chi connectivity index (χ1v) is 13.3. The van der Waals surface area contributed by atoms with E-state index < -0.39 is 15.9 Å². The maximum Gasteiger partial charge on any atom is 0.255 e. The van der Waals surface area contributed by atoms with E-state index in [2.05, 4.69) is 5.32 Å². The second-order valence-electron chi connectivity index (χ2n) is 7.58. The quantitative estimate of drug-likeness (QED) is 0.548. The van der Waals surface area contributed by atoms with Crippen LogP contribution in [0.2, 0.25) is 0 Å². The summed E-state index contributed by atoms with van der Waals surface area (Å²) in [7, 11) is -2.23. The van der Waals surface area contributed by atoms with Gasteiger partial charge in [-0.05, 0) is 42.7 Å². The third-order valence-corrected chi connectivity index (χ3v) is 8.27. The molecular weight excluding hydrogens is 451 g/mol. The fourth-order valence-corrected chi connectivity index (χ4v) is 5.97. The first-order valence-electron chi connectivity index (χ1n) is 10.7. The molecule has 0 saturated carbocycles. The lowest BCUT2D eigenvalue weighted by molar-refractivity contribution is 0.0953. The molecule has 6 nitrogen and oxygen atoms in total. The molecule has 32 heavy (non-hydrogen) atoms. The topological polar surface area (TPSA) is 75.7 Å². The van der Waals surface area contributed by atoms with Crippen molar-refractivity contribution in [3.05, 3.63) is 59.4 Å². The van der Waals surface area contributed by atoms with Gasteiger partial charge in [-0.25, -0.2) is 12.8 Å². The van der Waals surface area contributed by atoms with Crippen molar-refractivity contribution in [1.82, 2.24) is 9.62 Å². The van der Waals surface area contributed by atoms with Gasteiger partial charge in [-0.1, -0.05) is 31.0 Å². The lowest BCUT2D eigenvalue weighted by atomic mass is 10.2. The molecule has 0 atom stereocenters. The van der Waals surface area contributed by atoms with E-state index in [9.17, 15) is 17.6 Å². The van der Waals surface area contributed by atoms with Crippen LogP contribution in [0, 0.1) is 5.82 Å². The molecule has 2 aromatic rings. The average molecular weight is 481 g/mol. The summed E-state index contributed by atoms with van der Waals surface area (Å²) in [5.74, 6) is 0.776. The molecule has 2 aromatic carbocycles. The lowest BCUT2D eigenvalue weighted by Crippen LogP contribution is -2.32. The van der Waals surface area contributed by atoms with Crippen molar-refractivity contribution < 1.29 is 22.3 Å². The summed E-state index contributed by atoms with van der Waals surface area (Å²) >= 11 is 1.51. The van der Waals surface area contributed by atoms with Crippen molar-refractivity contribution in [2.75, 3.05) is 32.5 Å².